The molecule has 31 heavy (non-hydrogen) atoms. The third-order valence-electron chi connectivity index (χ3n) is 5.85. The van der Waals surface area contributed by atoms with Gasteiger partial charge in [0, 0.05) is 23.4 Å². The molecule has 6 nitrogen and oxygen atoms in total. The van der Waals surface area contributed by atoms with Crippen molar-refractivity contribution in [1.29, 1.82) is 0 Å². The van der Waals surface area contributed by atoms with Crippen LogP contribution in [0, 0.1) is 6.92 Å². The van der Waals surface area contributed by atoms with Crippen LogP contribution < -0.4 is 14.2 Å². The van der Waals surface area contributed by atoms with E-state index in [1.807, 2.05) is 43.3 Å². The van der Waals surface area contributed by atoms with Crippen LogP contribution in [-0.2, 0) is 17.7 Å². The second-order valence-electron chi connectivity index (χ2n) is 7.40. The monoisotopic (exact) mass is 421 g/mol. The SMILES string of the molecule is CCOC(=O)c1c(-c2ccc(OC)cc2)c(C)n2c1-c1cc(OC)c(OC)cc1CC2. The maximum absolute atomic E-state index is 13.2. The Bertz CT molecular complexity index is 1130. The third-order valence-corrected chi connectivity index (χ3v) is 5.85. The third kappa shape index (κ3) is 3.42. The van der Waals surface area contributed by atoms with Crippen molar-refractivity contribution in [3.63, 3.8) is 0 Å². The van der Waals surface area contributed by atoms with Crippen molar-refractivity contribution in [1.82, 2.24) is 4.57 Å². The molecule has 0 amide bonds. The smallest absolute Gasteiger partial charge is 0.340 e. The number of hydrogen-bond donors (Lipinski definition) is 0. The van der Waals surface area contributed by atoms with Crippen molar-refractivity contribution >= 4 is 5.97 Å². The van der Waals surface area contributed by atoms with Crippen molar-refractivity contribution in [3.05, 3.63) is 53.2 Å². The molecule has 0 saturated carbocycles. The Morgan fingerprint density at radius 2 is 1.68 bits per heavy atom. The van der Waals surface area contributed by atoms with Crippen LogP contribution in [0.5, 0.6) is 17.2 Å². The van der Waals surface area contributed by atoms with Gasteiger partial charge in [0.2, 0.25) is 0 Å². The number of nitrogens with zero attached hydrogens (tertiary/aromatic N) is 1. The molecule has 3 aromatic rings. The summed E-state index contributed by atoms with van der Waals surface area (Å²) >= 11 is 0. The molecule has 1 aliphatic rings. The lowest BCUT2D eigenvalue weighted by Gasteiger charge is -2.23. The lowest BCUT2D eigenvalue weighted by Crippen LogP contribution is -2.15. The zero-order valence-electron chi connectivity index (χ0n) is 18.6. The van der Waals surface area contributed by atoms with Crippen LogP contribution in [0.1, 0.15) is 28.5 Å². The first-order valence-corrected chi connectivity index (χ1v) is 10.3. The van der Waals surface area contributed by atoms with Gasteiger partial charge in [-0.05, 0) is 55.7 Å². The van der Waals surface area contributed by atoms with Gasteiger partial charge in [0.25, 0.3) is 0 Å². The van der Waals surface area contributed by atoms with E-state index in [1.54, 1.807) is 21.3 Å². The van der Waals surface area contributed by atoms with Crippen molar-refractivity contribution in [3.8, 4) is 39.6 Å². The van der Waals surface area contributed by atoms with Crippen molar-refractivity contribution in [2.24, 2.45) is 0 Å². The summed E-state index contributed by atoms with van der Waals surface area (Å²) in [5, 5.41) is 0. The zero-order valence-corrected chi connectivity index (χ0v) is 18.6. The number of carbonyl (C=O) groups excluding carboxylic acids is 1. The minimum atomic E-state index is -0.326. The van der Waals surface area contributed by atoms with E-state index >= 15 is 0 Å². The van der Waals surface area contributed by atoms with Gasteiger partial charge in [-0.2, -0.15) is 0 Å². The van der Waals surface area contributed by atoms with Gasteiger partial charge < -0.3 is 23.5 Å². The van der Waals surface area contributed by atoms with Gasteiger partial charge in [-0.1, -0.05) is 12.1 Å². The van der Waals surface area contributed by atoms with Gasteiger partial charge in [-0.3, -0.25) is 0 Å². The first kappa shape index (κ1) is 20.8. The molecule has 0 aliphatic carbocycles. The highest BCUT2D eigenvalue weighted by Crippen LogP contribution is 2.45. The summed E-state index contributed by atoms with van der Waals surface area (Å²) in [6, 6.07) is 11.7. The molecule has 2 aromatic carbocycles. The van der Waals surface area contributed by atoms with Gasteiger partial charge >= 0.3 is 5.97 Å². The molecule has 0 saturated heterocycles. The van der Waals surface area contributed by atoms with Crippen LogP contribution >= 0.6 is 0 Å². The number of ether oxygens (including phenoxy) is 4. The van der Waals surface area contributed by atoms with Gasteiger partial charge in [0.1, 0.15) is 5.75 Å². The highest BCUT2D eigenvalue weighted by molar-refractivity contribution is 6.05. The van der Waals surface area contributed by atoms with Crippen LogP contribution in [0.25, 0.3) is 22.4 Å². The van der Waals surface area contributed by atoms with E-state index in [2.05, 4.69) is 11.5 Å². The zero-order chi connectivity index (χ0) is 22.1. The second-order valence-corrected chi connectivity index (χ2v) is 7.40. The molecule has 0 spiro atoms. The van der Waals surface area contributed by atoms with Crippen molar-refractivity contribution in [2.75, 3.05) is 27.9 Å². The van der Waals surface area contributed by atoms with E-state index in [9.17, 15) is 4.79 Å². The maximum atomic E-state index is 13.2. The summed E-state index contributed by atoms with van der Waals surface area (Å²) < 4.78 is 24.0. The fraction of sp³-hybridized carbons (Fsp3) is 0.320. The average molecular weight is 421 g/mol. The topological polar surface area (TPSA) is 58.9 Å². The molecular weight excluding hydrogens is 394 g/mol. The Labute approximate surface area is 182 Å². The standard InChI is InChI=1S/C25H27NO5/c1-6-31-25(27)23-22(16-7-9-18(28-3)10-8-16)15(2)26-12-11-17-13-20(29-4)21(30-5)14-19(17)24(23)26/h7-10,13-14H,6,11-12H2,1-5H3. The van der Waals surface area contributed by atoms with Crippen LogP contribution in [0.15, 0.2) is 36.4 Å². The molecule has 4 rings (SSSR count). The predicted octanol–water partition coefficient (Wildman–Crippen LogP) is 4.89. The Morgan fingerprint density at radius 3 is 2.29 bits per heavy atom. The fourth-order valence-electron chi connectivity index (χ4n) is 4.39. The molecule has 0 bridgehead atoms. The Balaban J connectivity index is 2.00. The van der Waals surface area contributed by atoms with Crippen LogP contribution in [0.4, 0.5) is 0 Å². The van der Waals surface area contributed by atoms with Gasteiger partial charge in [-0.15, -0.1) is 0 Å². The van der Waals surface area contributed by atoms with E-state index < -0.39 is 0 Å². The average Bonchev–Trinajstić information content (AvgIpc) is 3.11. The Hall–Kier alpha value is -3.41. The van der Waals surface area contributed by atoms with Gasteiger partial charge in [-0.25, -0.2) is 4.79 Å². The summed E-state index contributed by atoms with van der Waals surface area (Å²) in [5.41, 5.74) is 6.40. The van der Waals surface area contributed by atoms with Crippen LogP contribution in [-0.4, -0.2) is 38.5 Å². The van der Waals surface area contributed by atoms with E-state index in [-0.39, 0.29) is 5.97 Å². The quantitative estimate of drug-likeness (QED) is 0.531. The number of aryl methyl sites for hydroxylation is 1. The van der Waals surface area contributed by atoms with E-state index in [1.165, 1.54) is 0 Å². The highest BCUT2D eigenvalue weighted by Gasteiger charge is 2.32. The number of esters is 1. The second kappa shape index (κ2) is 8.38. The Kier molecular flexibility index (Phi) is 5.63. The molecule has 0 radical (unpaired) electrons. The molecular formula is C25H27NO5. The number of aromatic nitrogens is 1. The van der Waals surface area contributed by atoms with Gasteiger partial charge in [0.15, 0.2) is 11.5 Å². The molecule has 0 unspecified atom stereocenters. The van der Waals surface area contributed by atoms with Gasteiger partial charge in [0.05, 0.1) is 39.2 Å². The molecule has 6 heteroatoms. The number of carbonyl (C=O) groups is 1. The summed E-state index contributed by atoms with van der Waals surface area (Å²) in [6.07, 6.45) is 0.836. The minimum absolute atomic E-state index is 0.309. The predicted molar refractivity (Wildman–Crippen MR) is 119 cm³/mol. The molecule has 1 aromatic heterocycles. The van der Waals surface area contributed by atoms with Crippen molar-refractivity contribution < 1.29 is 23.7 Å². The highest BCUT2D eigenvalue weighted by atomic mass is 16.5. The lowest BCUT2D eigenvalue weighted by molar-refractivity contribution is 0.0528. The largest absolute Gasteiger partial charge is 0.497 e. The molecule has 0 N–H and O–H groups in total. The molecule has 2 heterocycles. The Morgan fingerprint density at radius 1 is 1.00 bits per heavy atom. The number of rotatable bonds is 6. The van der Waals surface area contributed by atoms with E-state index in [0.717, 1.165) is 52.4 Å². The molecule has 162 valence electrons. The van der Waals surface area contributed by atoms with E-state index in [0.29, 0.717) is 23.7 Å². The lowest BCUT2D eigenvalue weighted by atomic mass is 9.93. The van der Waals surface area contributed by atoms with Crippen LogP contribution in [0.3, 0.4) is 0 Å². The molecule has 0 atom stereocenters. The molecule has 0 fully saturated rings. The summed E-state index contributed by atoms with van der Waals surface area (Å²) in [6.45, 7) is 4.95. The summed E-state index contributed by atoms with van der Waals surface area (Å²) in [7, 11) is 4.89. The minimum Gasteiger partial charge on any atom is -0.497 e. The number of methoxy groups -OCH3 is 3. The number of hydrogen-bond acceptors (Lipinski definition) is 5. The first-order chi connectivity index (χ1) is 15.0. The number of benzene rings is 2. The first-order valence-electron chi connectivity index (χ1n) is 10.3. The molecule has 1 aliphatic heterocycles. The van der Waals surface area contributed by atoms with Crippen LogP contribution in [0.2, 0.25) is 0 Å². The normalized spacial score (nSPS) is 12.0. The summed E-state index contributed by atoms with van der Waals surface area (Å²) in [5.74, 6) is 1.76. The fourth-order valence-corrected chi connectivity index (χ4v) is 4.39. The summed E-state index contributed by atoms with van der Waals surface area (Å²) in [4.78, 5) is 13.2. The van der Waals surface area contributed by atoms with E-state index in [4.69, 9.17) is 18.9 Å². The number of fused-ring (bicyclic) bond motifs is 3. The van der Waals surface area contributed by atoms with Crippen molar-refractivity contribution in [2.45, 2.75) is 26.8 Å². The maximum Gasteiger partial charge on any atom is 0.340 e.